The average molecular weight is 263 g/mol. The van der Waals surface area contributed by atoms with Crippen LogP contribution in [-0.2, 0) is 4.74 Å². The molecule has 0 spiro atoms. The maximum absolute atomic E-state index is 12.2. The van der Waals surface area contributed by atoms with Crippen molar-refractivity contribution in [3.63, 3.8) is 0 Å². The molecule has 1 fully saturated rings. The summed E-state index contributed by atoms with van der Waals surface area (Å²) >= 11 is 0. The highest BCUT2D eigenvalue weighted by Gasteiger charge is 2.26. The zero-order chi connectivity index (χ0) is 13.8. The van der Waals surface area contributed by atoms with Gasteiger partial charge in [-0.3, -0.25) is 4.79 Å². The fourth-order valence-electron chi connectivity index (χ4n) is 2.46. The second-order valence-electron chi connectivity index (χ2n) is 5.06. The van der Waals surface area contributed by atoms with E-state index in [0.29, 0.717) is 5.56 Å². The number of ether oxygens (including phenoxy) is 1. The molecule has 2 rings (SSSR count). The van der Waals surface area contributed by atoms with Crippen LogP contribution in [0.3, 0.4) is 0 Å². The second-order valence-corrected chi connectivity index (χ2v) is 5.06. The van der Waals surface area contributed by atoms with Crippen molar-refractivity contribution in [3.05, 3.63) is 29.3 Å². The molecule has 0 saturated carbocycles. The summed E-state index contributed by atoms with van der Waals surface area (Å²) in [5.41, 5.74) is 1.25. The first kappa shape index (κ1) is 13.9. The predicted octanol–water partition coefficient (Wildman–Crippen LogP) is 2.39. The van der Waals surface area contributed by atoms with Crippen LogP contribution in [0, 0.1) is 6.92 Å². The van der Waals surface area contributed by atoms with Crippen molar-refractivity contribution in [3.8, 4) is 5.75 Å². The van der Waals surface area contributed by atoms with E-state index in [-0.39, 0.29) is 23.8 Å². The first-order chi connectivity index (χ1) is 9.11. The minimum atomic E-state index is -0.236. The highest BCUT2D eigenvalue weighted by Crippen LogP contribution is 2.21. The number of amides is 1. The molecule has 1 aliphatic heterocycles. The third-order valence-corrected chi connectivity index (χ3v) is 3.57. The molecule has 19 heavy (non-hydrogen) atoms. The lowest BCUT2D eigenvalue weighted by Gasteiger charge is -2.23. The van der Waals surface area contributed by atoms with Crippen LogP contribution in [0.2, 0.25) is 0 Å². The van der Waals surface area contributed by atoms with Crippen molar-refractivity contribution >= 4 is 5.91 Å². The number of carbonyl (C=O) groups excluding carboxylic acids is 1. The monoisotopic (exact) mass is 263 g/mol. The minimum Gasteiger partial charge on any atom is -0.507 e. The van der Waals surface area contributed by atoms with Crippen molar-refractivity contribution in [1.29, 1.82) is 0 Å². The van der Waals surface area contributed by atoms with Gasteiger partial charge in [-0.2, -0.15) is 0 Å². The fourth-order valence-corrected chi connectivity index (χ4v) is 2.46. The van der Waals surface area contributed by atoms with Crippen LogP contribution in [0.1, 0.15) is 42.1 Å². The van der Waals surface area contributed by atoms with Crippen LogP contribution in [0.15, 0.2) is 18.2 Å². The Morgan fingerprint density at radius 3 is 2.95 bits per heavy atom. The van der Waals surface area contributed by atoms with Gasteiger partial charge in [-0.25, -0.2) is 0 Å². The SMILES string of the molecule is CCC(NC(=O)c1ccc(C)cc1O)C1CCCO1. The average Bonchev–Trinajstić information content (AvgIpc) is 2.89. The van der Waals surface area contributed by atoms with Gasteiger partial charge in [0.1, 0.15) is 5.75 Å². The van der Waals surface area contributed by atoms with E-state index in [0.717, 1.165) is 31.4 Å². The molecule has 2 N–H and O–H groups in total. The summed E-state index contributed by atoms with van der Waals surface area (Å²) in [6.07, 6.45) is 2.95. The van der Waals surface area contributed by atoms with Crippen LogP contribution in [0.4, 0.5) is 0 Å². The van der Waals surface area contributed by atoms with Gasteiger partial charge in [0, 0.05) is 6.61 Å². The predicted molar refractivity (Wildman–Crippen MR) is 73.4 cm³/mol. The molecule has 4 nitrogen and oxygen atoms in total. The Labute approximate surface area is 113 Å². The fraction of sp³-hybridized carbons (Fsp3) is 0.533. The lowest BCUT2D eigenvalue weighted by Crippen LogP contribution is -2.42. The van der Waals surface area contributed by atoms with E-state index in [9.17, 15) is 9.90 Å². The molecule has 0 aliphatic carbocycles. The summed E-state index contributed by atoms with van der Waals surface area (Å²) in [5.74, 6) is -0.209. The standard InChI is InChI=1S/C15H21NO3/c1-3-12(14-5-4-8-19-14)16-15(18)11-7-6-10(2)9-13(11)17/h6-7,9,12,14,17H,3-5,8H2,1-2H3,(H,16,18). The number of carbonyl (C=O) groups is 1. The molecule has 1 aromatic carbocycles. The van der Waals surface area contributed by atoms with E-state index >= 15 is 0 Å². The summed E-state index contributed by atoms with van der Waals surface area (Å²) in [5, 5.41) is 12.8. The third kappa shape index (κ3) is 3.26. The number of rotatable bonds is 4. The van der Waals surface area contributed by atoms with Gasteiger partial charge in [0.25, 0.3) is 5.91 Å². The smallest absolute Gasteiger partial charge is 0.255 e. The van der Waals surface area contributed by atoms with Gasteiger partial charge in [0.2, 0.25) is 0 Å². The number of nitrogens with one attached hydrogen (secondary N) is 1. The number of aryl methyl sites for hydroxylation is 1. The molecule has 1 heterocycles. The van der Waals surface area contributed by atoms with Gasteiger partial charge < -0.3 is 15.2 Å². The van der Waals surface area contributed by atoms with Crippen LogP contribution in [0.5, 0.6) is 5.75 Å². The molecular weight excluding hydrogens is 242 g/mol. The molecular formula is C15H21NO3. The molecule has 1 saturated heterocycles. The quantitative estimate of drug-likeness (QED) is 0.877. The Morgan fingerprint density at radius 1 is 1.58 bits per heavy atom. The molecule has 104 valence electrons. The van der Waals surface area contributed by atoms with E-state index < -0.39 is 0 Å². The summed E-state index contributed by atoms with van der Waals surface area (Å²) in [6.45, 7) is 4.68. The van der Waals surface area contributed by atoms with Gasteiger partial charge >= 0.3 is 0 Å². The van der Waals surface area contributed by atoms with Crippen LogP contribution >= 0.6 is 0 Å². The zero-order valence-corrected chi connectivity index (χ0v) is 11.5. The zero-order valence-electron chi connectivity index (χ0n) is 11.5. The number of phenolic OH excluding ortho intramolecular Hbond substituents is 1. The van der Waals surface area contributed by atoms with Crippen molar-refractivity contribution in [2.75, 3.05) is 6.61 Å². The summed E-state index contributed by atoms with van der Waals surface area (Å²) in [7, 11) is 0. The number of hydrogen-bond acceptors (Lipinski definition) is 3. The summed E-state index contributed by atoms with van der Waals surface area (Å²) in [6, 6.07) is 5.09. The normalized spacial score (nSPS) is 20.2. The van der Waals surface area contributed by atoms with E-state index in [1.165, 1.54) is 0 Å². The largest absolute Gasteiger partial charge is 0.507 e. The van der Waals surface area contributed by atoms with Crippen molar-refractivity contribution in [2.45, 2.75) is 45.3 Å². The van der Waals surface area contributed by atoms with Crippen LogP contribution < -0.4 is 5.32 Å². The minimum absolute atomic E-state index is 0.00991. The number of hydrogen-bond donors (Lipinski definition) is 2. The van der Waals surface area contributed by atoms with Gasteiger partial charge in [-0.1, -0.05) is 13.0 Å². The van der Waals surface area contributed by atoms with Gasteiger partial charge in [-0.05, 0) is 43.9 Å². The van der Waals surface area contributed by atoms with Crippen molar-refractivity contribution in [2.24, 2.45) is 0 Å². The number of benzene rings is 1. The van der Waals surface area contributed by atoms with E-state index in [2.05, 4.69) is 5.32 Å². The van der Waals surface area contributed by atoms with E-state index in [1.807, 2.05) is 19.9 Å². The Balaban J connectivity index is 2.06. The summed E-state index contributed by atoms with van der Waals surface area (Å²) < 4.78 is 5.61. The molecule has 4 heteroatoms. The Kier molecular flexibility index (Phi) is 4.43. The maximum Gasteiger partial charge on any atom is 0.255 e. The molecule has 1 aliphatic rings. The number of phenols is 1. The summed E-state index contributed by atoms with van der Waals surface area (Å²) in [4.78, 5) is 12.2. The number of aromatic hydroxyl groups is 1. The molecule has 1 amide bonds. The molecule has 0 radical (unpaired) electrons. The first-order valence-electron chi connectivity index (χ1n) is 6.84. The van der Waals surface area contributed by atoms with Crippen LogP contribution in [0.25, 0.3) is 0 Å². The van der Waals surface area contributed by atoms with Crippen molar-refractivity contribution in [1.82, 2.24) is 5.32 Å². The van der Waals surface area contributed by atoms with Gasteiger partial charge in [-0.15, -0.1) is 0 Å². The van der Waals surface area contributed by atoms with Crippen molar-refractivity contribution < 1.29 is 14.6 Å². The Morgan fingerprint density at radius 2 is 2.37 bits per heavy atom. The maximum atomic E-state index is 12.2. The molecule has 1 aromatic rings. The Hall–Kier alpha value is -1.55. The van der Waals surface area contributed by atoms with Crippen LogP contribution in [-0.4, -0.2) is 29.8 Å². The third-order valence-electron chi connectivity index (χ3n) is 3.57. The topological polar surface area (TPSA) is 58.6 Å². The highest BCUT2D eigenvalue weighted by molar-refractivity contribution is 5.97. The lowest BCUT2D eigenvalue weighted by atomic mass is 10.0. The van der Waals surface area contributed by atoms with E-state index in [1.54, 1.807) is 12.1 Å². The first-order valence-corrected chi connectivity index (χ1v) is 6.84. The van der Waals surface area contributed by atoms with E-state index in [4.69, 9.17) is 4.74 Å². The lowest BCUT2D eigenvalue weighted by molar-refractivity contribution is 0.0664. The Bertz CT molecular complexity index is 453. The van der Waals surface area contributed by atoms with Gasteiger partial charge in [0.05, 0.1) is 17.7 Å². The second kappa shape index (κ2) is 6.06. The molecule has 0 aromatic heterocycles. The molecule has 0 bridgehead atoms. The van der Waals surface area contributed by atoms with Gasteiger partial charge in [0.15, 0.2) is 0 Å². The molecule has 2 atom stereocenters. The highest BCUT2D eigenvalue weighted by atomic mass is 16.5. The molecule has 2 unspecified atom stereocenters.